The predicted octanol–water partition coefficient (Wildman–Crippen LogP) is -2.72. The molecule has 21 heteroatoms. The largest absolute Gasteiger partial charge is 0.508 e. The molecule has 336 valence electrons. The highest BCUT2D eigenvalue weighted by Crippen LogP contribution is 2.22. The molecule has 15 N–H and O–H groups in total. The molecule has 0 aliphatic carbocycles. The number of aliphatic hydroxyl groups excluding tert-OH is 2. The van der Waals surface area contributed by atoms with Crippen LogP contribution in [0.1, 0.15) is 78.7 Å². The zero-order chi connectivity index (χ0) is 45.3. The van der Waals surface area contributed by atoms with Crippen LogP contribution in [0.15, 0.2) is 29.3 Å². The molecule has 1 aliphatic rings. The van der Waals surface area contributed by atoms with Gasteiger partial charge in [-0.15, -0.1) is 0 Å². The van der Waals surface area contributed by atoms with E-state index in [2.05, 4.69) is 31.6 Å². The van der Waals surface area contributed by atoms with Crippen molar-refractivity contribution in [2.75, 3.05) is 19.7 Å². The van der Waals surface area contributed by atoms with Crippen molar-refractivity contribution in [1.29, 1.82) is 0 Å². The van der Waals surface area contributed by atoms with Gasteiger partial charge in [0.15, 0.2) is 5.96 Å². The van der Waals surface area contributed by atoms with Gasteiger partial charge in [0.1, 0.15) is 48.0 Å². The number of aliphatic hydroxyl groups is 2. The molecule has 1 aliphatic heterocycles. The van der Waals surface area contributed by atoms with E-state index in [0.29, 0.717) is 24.8 Å². The van der Waals surface area contributed by atoms with Gasteiger partial charge < -0.3 is 69.1 Å². The number of carbonyl (C=O) groups excluding carboxylic acids is 6. The zero-order valence-electron chi connectivity index (χ0n) is 34.9. The summed E-state index contributed by atoms with van der Waals surface area (Å²) in [4.78, 5) is 99.0. The maximum atomic E-state index is 14.3. The number of phenolic OH excluding ortho intramolecular Hbond substituents is 1. The predicted molar refractivity (Wildman–Crippen MR) is 219 cm³/mol. The van der Waals surface area contributed by atoms with Crippen LogP contribution in [0.25, 0.3) is 0 Å². The van der Waals surface area contributed by atoms with E-state index in [4.69, 9.17) is 17.2 Å². The fraction of sp³-hybridized carbons (Fsp3) is 0.641. The van der Waals surface area contributed by atoms with Crippen LogP contribution in [0.4, 0.5) is 0 Å². The number of nitrogens with two attached hydrogens (primary N) is 3. The first kappa shape index (κ1) is 50.6. The summed E-state index contributed by atoms with van der Waals surface area (Å²) in [6, 6.07) is -3.21. The van der Waals surface area contributed by atoms with Crippen LogP contribution in [-0.2, 0) is 40.0 Å². The summed E-state index contributed by atoms with van der Waals surface area (Å²) in [5.74, 6) is -7.05. The van der Waals surface area contributed by atoms with E-state index in [1.54, 1.807) is 27.7 Å². The third-order valence-corrected chi connectivity index (χ3v) is 10.6. The summed E-state index contributed by atoms with van der Waals surface area (Å²) < 4.78 is 0. The van der Waals surface area contributed by atoms with Gasteiger partial charge in [0, 0.05) is 19.5 Å². The number of hydrogen-bond donors (Lipinski definition) is 12. The second kappa shape index (κ2) is 24.5. The highest BCUT2D eigenvalue weighted by Gasteiger charge is 2.41. The van der Waals surface area contributed by atoms with E-state index in [1.165, 1.54) is 36.1 Å². The average molecular weight is 849 g/mol. The summed E-state index contributed by atoms with van der Waals surface area (Å²) in [5.41, 5.74) is 16.8. The SMILES string of the molecule is CC[C@H](C)[C@H](NC(=O)[C@@H](NC(=O)[C@@H]1CCCN1C(=O)[C@H](Cc1ccc(O)cc1)NC(=O)[C@@H](NC(=O)[C@@H](N)CO)[C@@H](C)O)[C@@H](C)CC)C(=O)N[C@@H](CCCN=C(N)N)C(=O)O. The number of amides is 6. The lowest BCUT2D eigenvalue weighted by Gasteiger charge is -2.33. The Kier molecular flexibility index (Phi) is 20.7. The number of aliphatic imine (C=N–C) groups is 1. The lowest BCUT2D eigenvalue weighted by Crippen LogP contribution is -2.62. The fourth-order valence-electron chi connectivity index (χ4n) is 6.50. The fourth-order valence-corrected chi connectivity index (χ4v) is 6.50. The number of likely N-dealkylation sites (tertiary alicyclic amines) is 1. The molecule has 6 amide bonds. The minimum absolute atomic E-state index is 0.0116. The third-order valence-electron chi connectivity index (χ3n) is 10.6. The van der Waals surface area contributed by atoms with Crippen LogP contribution in [0.5, 0.6) is 5.75 Å². The van der Waals surface area contributed by atoms with Gasteiger partial charge in [-0.1, -0.05) is 52.7 Å². The Balaban J connectivity index is 2.35. The van der Waals surface area contributed by atoms with Gasteiger partial charge in [0.2, 0.25) is 35.4 Å². The van der Waals surface area contributed by atoms with Gasteiger partial charge in [-0.3, -0.25) is 33.8 Å². The molecule has 0 aromatic heterocycles. The monoisotopic (exact) mass is 848 g/mol. The van der Waals surface area contributed by atoms with Gasteiger partial charge in [-0.25, -0.2) is 4.79 Å². The van der Waals surface area contributed by atoms with E-state index < -0.39 is 108 Å². The number of aromatic hydroxyl groups is 1. The Labute approximate surface area is 349 Å². The number of nitrogens with one attached hydrogen (secondary N) is 5. The number of guanidine groups is 1. The number of rotatable bonds is 24. The molecule has 1 aromatic rings. The summed E-state index contributed by atoms with van der Waals surface area (Å²) in [7, 11) is 0. The number of nitrogens with zero attached hydrogens (tertiary/aromatic N) is 2. The molecule has 60 heavy (non-hydrogen) atoms. The van der Waals surface area contributed by atoms with Crippen molar-refractivity contribution in [3.05, 3.63) is 29.8 Å². The highest BCUT2D eigenvalue weighted by molar-refractivity contribution is 5.97. The molecular formula is C39H64N10O11. The number of benzene rings is 1. The number of carbonyl (C=O) groups is 7. The molecular weight excluding hydrogens is 784 g/mol. The molecule has 0 bridgehead atoms. The Morgan fingerprint density at radius 2 is 1.35 bits per heavy atom. The van der Waals surface area contributed by atoms with Gasteiger partial charge in [-0.05, 0) is 62.1 Å². The van der Waals surface area contributed by atoms with E-state index in [0.717, 1.165) is 0 Å². The van der Waals surface area contributed by atoms with Crippen molar-refractivity contribution >= 4 is 47.4 Å². The van der Waals surface area contributed by atoms with Crippen LogP contribution in [0, 0.1) is 11.8 Å². The Bertz CT molecular complexity index is 1660. The van der Waals surface area contributed by atoms with Crippen molar-refractivity contribution in [3.63, 3.8) is 0 Å². The van der Waals surface area contributed by atoms with E-state index in [9.17, 15) is 54.0 Å². The van der Waals surface area contributed by atoms with Crippen molar-refractivity contribution in [1.82, 2.24) is 31.5 Å². The lowest BCUT2D eigenvalue weighted by atomic mass is 9.94. The number of hydrogen-bond acceptors (Lipinski definition) is 12. The van der Waals surface area contributed by atoms with Gasteiger partial charge in [0.25, 0.3) is 0 Å². The van der Waals surface area contributed by atoms with E-state index in [1.807, 2.05) is 0 Å². The molecule has 0 unspecified atom stereocenters. The molecule has 1 heterocycles. The lowest BCUT2D eigenvalue weighted by molar-refractivity contribution is -0.143. The molecule has 2 rings (SSSR count). The molecule has 1 aromatic carbocycles. The minimum atomic E-state index is -1.58. The third kappa shape index (κ3) is 15.2. The summed E-state index contributed by atoms with van der Waals surface area (Å²) in [5, 5.41) is 52.1. The molecule has 1 saturated heterocycles. The standard InChI is InChI=1S/C39H64N10O11/c1-6-20(3)29(34(55)44-26(38(59)60)10-8-16-43-39(41)42)47-35(56)30(21(4)7-2)46-33(54)28-11-9-17-49(28)37(58)27(18-23-12-14-24(52)15-13-23)45-36(57)31(22(5)51)48-32(53)25(40)19-50/h12-15,20-22,25-31,50-52H,6-11,16-19,40H2,1-5H3,(H,44,55)(H,45,57)(H,46,54)(H,47,56)(H,48,53)(H,59,60)(H4,41,42,43)/t20-,21-,22+,25-,26-,27-,28-,29-,30-,31-/m0/s1. The van der Waals surface area contributed by atoms with Crippen molar-refractivity contribution in [2.24, 2.45) is 34.0 Å². The number of carboxylic acids is 1. The topological polar surface area (TPSA) is 354 Å². The maximum absolute atomic E-state index is 14.3. The Hall–Kier alpha value is -5.54. The Morgan fingerprint density at radius 1 is 0.817 bits per heavy atom. The number of phenols is 1. The second-order valence-electron chi connectivity index (χ2n) is 15.2. The second-order valence-corrected chi connectivity index (χ2v) is 15.2. The number of aliphatic carboxylic acids is 1. The normalized spacial score (nSPS) is 18.2. The first-order chi connectivity index (χ1) is 28.2. The molecule has 21 nitrogen and oxygen atoms in total. The first-order valence-electron chi connectivity index (χ1n) is 20.2. The van der Waals surface area contributed by atoms with E-state index >= 15 is 0 Å². The average Bonchev–Trinajstić information content (AvgIpc) is 3.71. The molecule has 10 atom stereocenters. The summed E-state index contributed by atoms with van der Waals surface area (Å²) in [6.07, 6.45) is 0.141. The van der Waals surface area contributed by atoms with Gasteiger partial charge >= 0.3 is 5.97 Å². The molecule has 1 fully saturated rings. The summed E-state index contributed by atoms with van der Waals surface area (Å²) >= 11 is 0. The van der Waals surface area contributed by atoms with Crippen molar-refractivity contribution in [2.45, 2.75) is 128 Å². The van der Waals surface area contributed by atoms with Gasteiger partial charge in [0.05, 0.1) is 12.7 Å². The van der Waals surface area contributed by atoms with E-state index in [-0.39, 0.29) is 50.5 Å². The number of carboxylic acid groups (broad SMARTS) is 1. The van der Waals surface area contributed by atoms with Crippen LogP contribution in [-0.4, -0.2) is 141 Å². The van der Waals surface area contributed by atoms with Crippen molar-refractivity contribution in [3.8, 4) is 5.75 Å². The molecule has 0 spiro atoms. The van der Waals surface area contributed by atoms with Gasteiger partial charge in [-0.2, -0.15) is 0 Å². The highest BCUT2D eigenvalue weighted by atomic mass is 16.4. The quantitative estimate of drug-likeness (QED) is 0.0286. The van der Waals surface area contributed by atoms with Crippen molar-refractivity contribution < 1.29 is 54.0 Å². The van der Waals surface area contributed by atoms with Crippen LogP contribution < -0.4 is 43.8 Å². The Morgan fingerprint density at radius 3 is 1.88 bits per heavy atom. The molecule has 0 radical (unpaired) electrons. The zero-order valence-corrected chi connectivity index (χ0v) is 34.9. The van der Waals surface area contributed by atoms with Crippen LogP contribution >= 0.6 is 0 Å². The van der Waals surface area contributed by atoms with Crippen LogP contribution in [0.3, 0.4) is 0 Å². The minimum Gasteiger partial charge on any atom is -0.508 e. The first-order valence-corrected chi connectivity index (χ1v) is 20.2. The maximum Gasteiger partial charge on any atom is 0.326 e. The van der Waals surface area contributed by atoms with Crippen LogP contribution in [0.2, 0.25) is 0 Å². The summed E-state index contributed by atoms with van der Waals surface area (Å²) in [6.45, 7) is 7.80. The molecule has 0 saturated carbocycles. The smallest absolute Gasteiger partial charge is 0.326 e.